The number of hydrogen-bond acceptors (Lipinski definition) is 9. The molecule has 212 valence electrons. The molecule has 5 rings (SSSR count). The van der Waals surface area contributed by atoms with Crippen LogP contribution in [0.4, 0.5) is 0 Å². The maximum atomic E-state index is 13.4. The summed E-state index contributed by atoms with van der Waals surface area (Å²) in [5.74, 6) is 1.32. The van der Waals surface area contributed by atoms with Crippen LogP contribution >= 0.6 is 23.1 Å². The van der Waals surface area contributed by atoms with Crippen LogP contribution in [0.5, 0.6) is 11.5 Å². The number of ether oxygens (including phenoxy) is 2. The molecule has 12 heteroatoms. The van der Waals surface area contributed by atoms with Crippen LogP contribution in [0.15, 0.2) is 70.2 Å². The van der Waals surface area contributed by atoms with Crippen LogP contribution in [0.25, 0.3) is 0 Å². The van der Waals surface area contributed by atoms with E-state index >= 15 is 0 Å². The number of aromatic nitrogens is 3. The summed E-state index contributed by atoms with van der Waals surface area (Å²) in [6.45, 7) is 2.20. The fourth-order valence-corrected chi connectivity index (χ4v) is 5.90. The SMILES string of the molecule is COc1cc(OC)cc(C(=O)NCc2nnc(SCC(=O)N3N=C(c4cccs4)C[C@H]3c3ccc(C)cc3)n2C)c1. The lowest BCUT2D eigenvalue weighted by atomic mass is 10.00. The van der Waals surface area contributed by atoms with Crippen LogP contribution < -0.4 is 14.8 Å². The van der Waals surface area contributed by atoms with Crippen molar-refractivity contribution in [3.05, 3.63) is 87.4 Å². The molecule has 0 unspecified atom stereocenters. The second-order valence-electron chi connectivity index (χ2n) is 9.42. The number of rotatable bonds is 10. The number of nitrogens with one attached hydrogen (secondary N) is 1. The van der Waals surface area contributed by atoms with Crippen molar-refractivity contribution in [2.75, 3.05) is 20.0 Å². The van der Waals surface area contributed by atoms with Gasteiger partial charge in [0.2, 0.25) is 0 Å². The highest BCUT2D eigenvalue weighted by atomic mass is 32.2. The Bertz CT molecular complexity index is 1540. The Morgan fingerprint density at radius 1 is 1.07 bits per heavy atom. The maximum absolute atomic E-state index is 13.4. The zero-order valence-corrected chi connectivity index (χ0v) is 24.8. The van der Waals surface area contributed by atoms with Gasteiger partial charge in [0, 0.05) is 25.1 Å². The number of carbonyl (C=O) groups excluding carboxylic acids is 2. The Morgan fingerprint density at radius 2 is 1.80 bits per heavy atom. The van der Waals surface area contributed by atoms with Crippen LogP contribution in [-0.4, -0.2) is 57.3 Å². The largest absolute Gasteiger partial charge is 0.497 e. The van der Waals surface area contributed by atoms with Gasteiger partial charge in [-0.3, -0.25) is 9.59 Å². The molecule has 2 aromatic carbocycles. The molecule has 1 atom stereocenters. The number of aryl methyl sites for hydroxylation is 1. The smallest absolute Gasteiger partial charge is 0.253 e. The van der Waals surface area contributed by atoms with Gasteiger partial charge in [0.15, 0.2) is 11.0 Å². The summed E-state index contributed by atoms with van der Waals surface area (Å²) in [4.78, 5) is 27.3. The van der Waals surface area contributed by atoms with Crippen molar-refractivity contribution in [1.29, 1.82) is 0 Å². The molecule has 0 saturated carbocycles. The highest BCUT2D eigenvalue weighted by Gasteiger charge is 2.33. The quantitative estimate of drug-likeness (QED) is 0.269. The monoisotopic (exact) mass is 590 g/mol. The topological polar surface area (TPSA) is 111 Å². The Balaban J connectivity index is 1.24. The molecule has 0 fully saturated rings. The third-order valence-electron chi connectivity index (χ3n) is 6.70. The van der Waals surface area contributed by atoms with Crippen molar-refractivity contribution in [1.82, 2.24) is 25.1 Å². The standard InChI is InChI=1S/C29H30N6O4S2/c1-18-7-9-19(10-8-18)24-15-23(25-6-5-11-40-25)33-35(24)27(36)17-41-29-32-31-26(34(29)2)16-30-28(37)20-12-21(38-3)14-22(13-20)39-4/h5-14,24H,15-17H2,1-4H3,(H,30,37)/t24-/m0/s1. The lowest BCUT2D eigenvalue weighted by molar-refractivity contribution is -0.130. The van der Waals surface area contributed by atoms with Crippen molar-refractivity contribution in [3.8, 4) is 11.5 Å². The molecule has 0 saturated heterocycles. The molecule has 41 heavy (non-hydrogen) atoms. The van der Waals surface area contributed by atoms with E-state index in [1.54, 1.807) is 46.2 Å². The number of hydrogen-bond donors (Lipinski definition) is 1. The number of thiophene rings is 1. The minimum absolute atomic E-state index is 0.114. The second-order valence-corrected chi connectivity index (χ2v) is 11.3. The van der Waals surface area contributed by atoms with Gasteiger partial charge in [-0.15, -0.1) is 21.5 Å². The Kier molecular flexibility index (Phi) is 8.70. The van der Waals surface area contributed by atoms with Crippen molar-refractivity contribution >= 4 is 40.6 Å². The zero-order chi connectivity index (χ0) is 28.9. The lowest BCUT2D eigenvalue weighted by Gasteiger charge is -2.22. The van der Waals surface area contributed by atoms with Gasteiger partial charge < -0.3 is 19.4 Å². The summed E-state index contributed by atoms with van der Waals surface area (Å²) < 4.78 is 12.3. The Hall–Kier alpha value is -4.16. The van der Waals surface area contributed by atoms with Crippen LogP contribution in [0.2, 0.25) is 0 Å². The molecule has 1 aliphatic rings. The van der Waals surface area contributed by atoms with Crippen LogP contribution in [0.3, 0.4) is 0 Å². The first-order valence-corrected chi connectivity index (χ1v) is 14.7. The van der Waals surface area contributed by atoms with Gasteiger partial charge in [0.1, 0.15) is 11.5 Å². The number of amides is 2. The van der Waals surface area contributed by atoms with Crippen molar-refractivity contribution in [3.63, 3.8) is 0 Å². The number of benzene rings is 2. The Labute approximate surface area is 246 Å². The minimum Gasteiger partial charge on any atom is -0.497 e. The molecule has 0 aliphatic carbocycles. The van der Waals surface area contributed by atoms with Crippen LogP contribution in [0.1, 0.15) is 44.6 Å². The first-order chi connectivity index (χ1) is 19.9. The number of hydrazone groups is 1. The number of carbonyl (C=O) groups is 2. The first kappa shape index (κ1) is 28.4. The van der Waals surface area contributed by atoms with Crippen molar-refractivity contribution < 1.29 is 19.1 Å². The average molecular weight is 591 g/mol. The Morgan fingerprint density at radius 3 is 2.46 bits per heavy atom. The van der Waals surface area contributed by atoms with Gasteiger partial charge in [-0.25, -0.2) is 5.01 Å². The molecule has 1 aliphatic heterocycles. The minimum atomic E-state index is -0.301. The summed E-state index contributed by atoms with van der Waals surface area (Å²) in [7, 11) is 4.86. The van der Waals surface area contributed by atoms with E-state index in [0.29, 0.717) is 34.5 Å². The predicted molar refractivity (Wildman–Crippen MR) is 159 cm³/mol. The van der Waals surface area contributed by atoms with Gasteiger partial charge in [0.25, 0.3) is 11.8 Å². The number of nitrogens with zero attached hydrogens (tertiary/aromatic N) is 5. The maximum Gasteiger partial charge on any atom is 0.253 e. The van der Waals surface area contributed by atoms with E-state index in [2.05, 4.69) is 39.8 Å². The summed E-state index contributed by atoms with van der Waals surface area (Å²) in [5.41, 5.74) is 3.53. The van der Waals surface area contributed by atoms with E-state index in [1.165, 1.54) is 26.0 Å². The van der Waals surface area contributed by atoms with Crippen LogP contribution in [-0.2, 0) is 18.4 Å². The molecular formula is C29H30N6O4S2. The normalized spacial score (nSPS) is 14.6. The molecule has 2 aromatic heterocycles. The molecule has 4 aromatic rings. The fourth-order valence-electron chi connectivity index (χ4n) is 4.40. The van der Waals surface area contributed by atoms with E-state index in [1.807, 2.05) is 24.4 Å². The van der Waals surface area contributed by atoms with Crippen molar-refractivity contribution in [2.24, 2.45) is 12.1 Å². The van der Waals surface area contributed by atoms with Gasteiger partial charge in [-0.2, -0.15) is 5.10 Å². The molecule has 0 bridgehead atoms. The van der Waals surface area contributed by atoms with E-state index in [9.17, 15) is 9.59 Å². The summed E-state index contributed by atoms with van der Waals surface area (Å²) in [5, 5.41) is 20.2. The van der Waals surface area contributed by atoms with Gasteiger partial charge in [-0.1, -0.05) is 47.7 Å². The number of methoxy groups -OCH3 is 2. The molecule has 10 nitrogen and oxygen atoms in total. The lowest BCUT2D eigenvalue weighted by Crippen LogP contribution is -2.28. The molecule has 1 N–H and O–H groups in total. The average Bonchev–Trinajstić information content (AvgIpc) is 3.75. The van der Waals surface area contributed by atoms with Gasteiger partial charge >= 0.3 is 0 Å². The van der Waals surface area contributed by atoms with Crippen LogP contribution in [0, 0.1) is 6.92 Å². The van der Waals surface area contributed by atoms with Gasteiger partial charge in [-0.05, 0) is 36.1 Å². The van der Waals surface area contributed by atoms with E-state index in [4.69, 9.17) is 14.6 Å². The van der Waals surface area contributed by atoms with Gasteiger partial charge in [0.05, 0.1) is 43.1 Å². The fraction of sp³-hybridized carbons (Fsp3) is 0.276. The molecule has 3 heterocycles. The summed E-state index contributed by atoms with van der Waals surface area (Å²) in [6, 6.07) is 17.1. The molecule has 0 radical (unpaired) electrons. The first-order valence-electron chi connectivity index (χ1n) is 12.9. The van der Waals surface area contributed by atoms with E-state index in [0.717, 1.165) is 21.7 Å². The molecule has 0 spiro atoms. The summed E-state index contributed by atoms with van der Waals surface area (Å²) >= 11 is 2.91. The van der Waals surface area contributed by atoms with E-state index < -0.39 is 0 Å². The predicted octanol–water partition coefficient (Wildman–Crippen LogP) is 4.60. The summed E-state index contributed by atoms with van der Waals surface area (Å²) in [6.07, 6.45) is 0.660. The molecule has 2 amide bonds. The van der Waals surface area contributed by atoms with Crippen molar-refractivity contribution in [2.45, 2.75) is 31.1 Å². The highest BCUT2D eigenvalue weighted by Crippen LogP contribution is 2.34. The molecular weight excluding hydrogens is 560 g/mol. The zero-order valence-electron chi connectivity index (χ0n) is 23.2. The number of thioether (sulfide) groups is 1. The second kappa shape index (κ2) is 12.6. The third kappa shape index (κ3) is 6.44. The highest BCUT2D eigenvalue weighted by molar-refractivity contribution is 7.99. The van der Waals surface area contributed by atoms with E-state index in [-0.39, 0.29) is 30.2 Å². The third-order valence-corrected chi connectivity index (χ3v) is 8.63.